The van der Waals surface area contributed by atoms with Gasteiger partial charge in [-0.3, -0.25) is 14.6 Å². The topological polar surface area (TPSA) is 71.1 Å². The van der Waals surface area contributed by atoms with E-state index in [9.17, 15) is 9.59 Å². The summed E-state index contributed by atoms with van der Waals surface area (Å²) in [5.41, 5.74) is 1.45. The highest BCUT2D eigenvalue weighted by atomic mass is 16.2. The van der Waals surface area contributed by atoms with Gasteiger partial charge in [0.15, 0.2) is 0 Å². The van der Waals surface area contributed by atoms with Gasteiger partial charge in [0.2, 0.25) is 0 Å². The lowest BCUT2D eigenvalue weighted by atomic mass is 10.1. The minimum Gasteiger partial charge on any atom is -0.344 e. The van der Waals surface area contributed by atoms with E-state index < -0.39 is 11.8 Å². The Kier molecular flexibility index (Phi) is 4.29. The number of hydrogen-bond acceptors (Lipinski definition) is 3. The lowest BCUT2D eigenvalue weighted by Gasteiger charge is -2.09. The van der Waals surface area contributed by atoms with Crippen LogP contribution in [0.5, 0.6) is 0 Å². The molecule has 0 saturated heterocycles. The maximum atomic E-state index is 12.0. The van der Waals surface area contributed by atoms with Gasteiger partial charge in [-0.1, -0.05) is 42.5 Å². The summed E-state index contributed by atoms with van der Waals surface area (Å²) in [7, 11) is 0. The van der Waals surface area contributed by atoms with E-state index in [4.69, 9.17) is 0 Å². The van der Waals surface area contributed by atoms with Crippen molar-refractivity contribution in [3.63, 3.8) is 0 Å². The van der Waals surface area contributed by atoms with Crippen molar-refractivity contribution in [1.29, 1.82) is 0 Å². The third-order valence-corrected chi connectivity index (χ3v) is 3.42. The van der Waals surface area contributed by atoms with E-state index in [1.807, 2.05) is 42.5 Å². The molecular weight excluding hydrogens is 290 g/mol. The van der Waals surface area contributed by atoms with E-state index in [1.165, 1.54) is 0 Å². The van der Waals surface area contributed by atoms with Gasteiger partial charge >= 0.3 is 11.8 Å². The number of aromatic nitrogens is 1. The number of amides is 2. The molecule has 0 aliphatic heterocycles. The summed E-state index contributed by atoms with van der Waals surface area (Å²) in [6, 6.07) is 16.8. The van der Waals surface area contributed by atoms with Gasteiger partial charge in [-0.05, 0) is 23.1 Å². The lowest BCUT2D eigenvalue weighted by Crippen LogP contribution is -2.35. The second-order valence-electron chi connectivity index (χ2n) is 5.02. The maximum Gasteiger partial charge on any atom is 0.313 e. The molecular formula is C18H15N3O2. The Morgan fingerprint density at radius 2 is 1.74 bits per heavy atom. The smallest absolute Gasteiger partial charge is 0.313 e. The van der Waals surface area contributed by atoms with Crippen LogP contribution < -0.4 is 10.6 Å². The van der Waals surface area contributed by atoms with Crippen LogP contribution in [0, 0.1) is 0 Å². The first kappa shape index (κ1) is 14.7. The van der Waals surface area contributed by atoms with Gasteiger partial charge in [-0.2, -0.15) is 0 Å². The summed E-state index contributed by atoms with van der Waals surface area (Å²) >= 11 is 0. The van der Waals surface area contributed by atoms with Crippen molar-refractivity contribution in [3.8, 4) is 0 Å². The van der Waals surface area contributed by atoms with Gasteiger partial charge < -0.3 is 10.6 Å². The van der Waals surface area contributed by atoms with E-state index in [0.717, 1.165) is 16.3 Å². The lowest BCUT2D eigenvalue weighted by molar-refractivity contribution is -0.136. The Hall–Kier alpha value is -3.21. The molecule has 2 aromatic carbocycles. The van der Waals surface area contributed by atoms with Crippen molar-refractivity contribution in [1.82, 2.24) is 10.3 Å². The first-order chi connectivity index (χ1) is 11.2. The highest BCUT2D eigenvalue weighted by molar-refractivity contribution is 6.40. The van der Waals surface area contributed by atoms with Gasteiger partial charge in [-0.15, -0.1) is 0 Å². The van der Waals surface area contributed by atoms with Crippen LogP contribution in [0.2, 0.25) is 0 Å². The molecule has 0 aliphatic rings. The monoisotopic (exact) mass is 305 g/mol. The highest BCUT2D eigenvalue weighted by Crippen LogP contribution is 2.22. The Morgan fingerprint density at radius 3 is 2.57 bits per heavy atom. The number of carbonyl (C=O) groups excluding carboxylic acids is 2. The van der Waals surface area contributed by atoms with Gasteiger partial charge in [-0.25, -0.2) is 0 Å². The third-order valence-electron chi connectivity index (χ3n) is 3.42. The predicted octanol–water partition coefficient (Wildman–Crippen LogP) is 2.49. The number of carbonyl (C=O) groups is 2. The number of fused-ring (bicyclic) bond motifs is 1. The van der Waals surface area contributed by atoms with E-state index in [1.54, 1.807) is 24.5 Å². The molecule has 1 heterocycles. The summed E-state index contributed by atoms with van der Waals surface area (Å²) in [6.45, 7) is 0.260. The number of hydrogen-bond donors (Lipinski definition) is 2. The minimum atomic E-state index is -0.690. The van der Waals surface area contributed by atoms with Crippen LogP contribution in [0.4, 0.5) is 5.69 Å². The van der Waals surface area contributed by atoms with Crippen molar-refractivity contribution in [2.75, 3.05) is 5.32 Å². The van der Waals surface area contributed by atoms with Gasteiger partial charge in [0.05, 0.1) is 0 Å². The van der Waals surface area contributed by atoms with Gasteiger partial charge in [0, 0.05) is 30.0 Å². The average Bonchev–Trinajstić information content (AvgIpc) is 2.61. The Balaban J connectivity index is 1.67. The highest BCUT2D eigenvalue weighted by Gasteiger charge is 2.14. The van der Waals surface area contributed by atoms with Crippen LogP contribution >= 0.6 is 0 Å². The molecule has 0 radical (unpaired) electrons. The Labute approximate surface area is 133 Å². The molecule has 0 saturated carbocycles. The zero-order valence-electron chi connectivity index (χ0n) is 12.3. The summed E-state index contributed by atoms with van der Waals surface area (Å²) in [5.74, 6) is -1.37. The number of nitrogens with one attached hydrogen (secondary N) is 2. The molecule has 1 aromatic heterocycles. The Bertz CT molecular complexity index is 842. The molecule has 5 nitrogen and oxygen atoms in total. The molecule has 5 heteroatoms. The molecule has 0 atom stereocenters. The molecule has 0 unspecified atom stereocenters. The number of benzene rings is 2. The molecule has 3 aromatic rings. The maximum absolute atomic E-state index is 12.0. The number of anilines is 1. The van der Waals surface area contributed by atoms with Crippen molar-refractivity contribution < 1.29 is 9.59 Å². The Morgan fingerprint density at radius 1 is 0.913 bits per heavy atom. The van der Waals surface area contributed by atoms with Crippen LogP contribution in [-0.4, -0.2) is 16.8 Å². The summed E-state index contributed by atoms with van der Waals surface area (Å²) in [5, 5.41) is 7.12. The number of pyridine rings is 1. The average molecular weight is 305 g/mol. The fraction of sp³-hybridized carbons (Fsp3) is 0.0556. The first-order valence-electron chi connectivity index (χ1n) is 7.20. The standard InChI is InChI=1S/C18H15N3O2/c22-17(20-12-13-5-4-10-19-11-13)18(23)21-16-9-3-7-14-6-1-2-8-15(14)16/h1-11H,12H2,(H,20,22)(H,21,23). The van der Waals surface area contributed by atoms with Crippen molar-refractivity contribution >= 4 is 28.3 Å². The van der Waals surface area contributed by atoms with Crippen LogP contribution in [0.15, 0.2) is 67.0 Å². The van der Waals surface area contributed by atoms with Crippen molar-refractivity contribution in [2.24, 2.45) is 0 Å². The molecule has 2 amide bonds. The quantitative estimate of drug-likeness (QED) is 0.730. The van der Waals surface area contributed by atoms with Crippen molar-refractivity contribution in [2.45, 2.75) is 6.54 Å². The van der Waals surface area contributed by atoms with Gasteiger partial charge in [0.25, 0.3) is 0 Å². The fourth-order valence-corrected chi connectivity index (χ4v) is 2.28. The summed E-state index contributed by atoms with van der Waals surface area (Å²) in [4.78, 5) is 27.9. The van der Waals surface area contributed by atoms with E-state index >= 15 is 0 Å². The van der Waals surface area contributed by atoms with Crippen LogP contribution in [0.25, 0.3) is 10.8 Å². The largest absolute Gasteiger partial charge is 0.344 e. The zero-order valence-corrected chi connectivity index (χ0v) is 12.3. The van der Waals surface area contributed by atoms with Crippen LogP contribution in [0.3, 0.4) is 0 Å². The van der Waals surface area contributed by atoms with Gasteiger partial charge in [0.1, 0.15) is 0 Å². The van der Waals surface area contributed by atoms with Crippen molar-refractivity contribution in [3.05, 3.63) is 72.6 Å². The fourth-order valence-electron chi connectivity index (χ4n) is 2.28. The molecule has 3 rings (SSSR count). The second kappa shape index (κ2) is 6.70. The second-order valence-corrected chi connectivity index (χ2v) is 5.02. The van der Waals surface area contributed by atoms with Crippen LogP contribution in [-0.2, 0) is 16.1 Å². The number of rotatable bonds is 3. The normalized spacial score (nSPS) is 10.3. The van der Waals surface area contributed by atoms with E-state index in [0.29, 0.717) is 5.69 Å². The molecule has 0 fully saturated rings. The summed E-state index contributed by atoms with van der Waals surface area (Å²) < 4.78 is 0. The SMILES string of the molecule is O=C(NCc1cccnc1)C(=O)Nc1cccc2ccccc12. The zero-order chi connectivity index (χ0) is 16.1. The van der Waals surface area contributed by atoms with Crippen LogP contribution in [0.1, 0.15) is 5.56 Å². The van der Waals surface area contributed by atoms with E-state index in [-0.39, 0.29) is 6.54 Å². The molecule has 23 heavy (non-hydrogen) atoms. The molecule has 0 spiro atoms. The molecule has 0 bridgehead atoms. The summed E-state index contributed by atoms with van der Waals surface area (Å²) in [6.07, 6.45) is 3.29. The molecule has 2 N–H and O–H groups in total. The third kappa shape index (κ3) is 3.52. The first-order valence-corrected chi connectivity index (χ1v) is 7.20. The molecule has 0 aliphatic carbocycles. The van der Waals surface area contributed by atoms with E-state index in [2.05, 4.69) is 15.6 Å². The number of nitrogens with zero attached hydrogens (tertiary/aromatic N) is 1. The predicted molar refractivity (Wildman–Crippen MR) is 88.7 cm³/mol. The minimum absolute atomic E-state index is 0.260. The molecule has 114 valence electrons.